The van der Waals surface area contributed by atoms with E-state index in [1.54, 1.807) is 12.3 Å². The lowest BCUT2D eigenvalue weighted by Gasteiger charge is -2.40. The average molecular weight is 387 g/mol. The minimum Gasteiger partial charge on any atom is -0.467 e. The highest BCUT2D eigenvalue weighted by Crippen LogP contribution is 2.33. The zero-order chi connectivity index (χ0) is 18.7. The normalized spacial score (nSPS) is 15.4. The van der Waals surface area contributed by atoms with E-state index in [2.05, 4.69) is 27.5 Å². The third kappa shape index (κ3) is 4.09. The van der Waals surface area contributed by atoms with Gasteiger partial charge in [-0.15, -0.1) is 16.4 Å². The Morgan fingerprint density at radius 3 is 3.00 bits per heavy atom. The summed E-state index contributed by atoms with van der Waals surface area (Å²) in [4.78, 5) is 16.6. The first-order valence-electron chi connectivity index (χ1n) is 8.87. The molecule has 142 valence electrons. The number of amides is 1. The number of hydrogen-bond donors (Lipinski definition) is 1. The maximum Gasteiger partial charge on any atom is 0.227 e. The molecule has 0 aliphatic carbocycles. The third-order valence-corrected chi connectivity index (χ3v) is 5.62. The Labute approximate surface area is 160 Å². The molecule has 0 saturated carbocycles. The van der Waals surface area contributed by atoms with Crippen LogP contribution in [0.4, 0.5) is 0 Å². The van der Waals surface area contributed by atoms with Crippen LogP contribution in [0.3, 0.4) is 0 Å². The van der Waals surface area contributed by atoms with E-state index in [4.69, 9.17) is 9.15 Å². The van der Waals surface area contributed by atoms with Crippen molar-refractivity contribution in [3.63, 3.8) is 0 Å². The second-order valence-electron chi connectivity index (χ2n) is 6.81. The number of thiazole rings is 1. The van der Waals surface area contributed by atoms with E-state index in [9.17, 15) is 4.79 Å². The van der Waals surface area contributed by atoms with Crippen LogP contribution in [0.15, 0.2) is 34.4 Å². The van der Waals surface area contributed by atoms with Gasteiger partial charge in [0.2, 0.25) is 5.91 Å². The topological polar surface area (TPSA) is 95.1 Å². The zero-order valence-corrected chi connectivity index (χ0v) is 15.9. The molecule has 1 fully saturated rings. The van der Waals surface area contributed by atoms with Crippen molar-refractivity contribution in [2.24, 2.45) is 5.41 Å². The number of furan rings is 1. The summed E-state index contributed by atoms with van der Waals surface area (Å²) in [7, 11) is 0. The summed E-state index contributed by atoms with van der Waals surface area (Å²) in [5, 5.41) is 13.9. The first kappa shape index (κ1) is 17.9. The molecule has 0 atom stereocenters. The number of nitrogens with one attached hydrogen (secondary N) is 1. The molecule has 8 nitrogen and oxygen atoms in total. The van der Waals surface area contributed by atoms with E-state index >= 15 is 0 Å². The number of hydrogen-bond acceptors (Lipinski definition) is 7. The van der Waals surface area contributed by atoms with Gasteiger partial charge in [-0.05, 0) is 18.6 Å². The molecule has 0 radical (unpaired) electrons. The number of ether oxygens (including phenoxy) is 1. The fraction of sp³-hybridized carbons (Fsp3) is 0.444. The zero-order valence-electron chi connectivity index (χ0n) is 15.1. The predicted molar refractivity (Wildman–Crippen MR) is 98.9 cm³/mol. The fourth-order valence-electron chi connectivity index (χ4n) is 2.94. The molecule has 0 unspecified atom stereocenters. The van der Waals surface area contributed by atoms with Crippen LogP contribution in [-0.4, -0.2) is 39.1 Å². The van der Waals surface area contributed by atoms with Gasteiger partial charge < -0.3 is 14.5 Å². The lowest BCUT2D eigenvalue weighted by molar-refractivity contribution is -0.125. The summed E-state index contributed by atoms with van der Waals surface area (Å²) < 4.78 is 12.4. The second kappa shape index (κ2) is 7.61. The molecule has 0 bridgehead atoms. The Hall–Kier alpha value is -2.52. The van der Waals surface area contributed by atoms with Crippen LogP contribution in [0.1, 0.15) is 24.1 Å². The van der Waals surface area contributed by atoms with Crippen LogP contribution in [0, 0.1) is 5.41 Å². The lowest BCUT2D eigenvalue weighted by Crippen LogP contribution is -2.45. The monoisotopic (exact) mass is 387 g/mol. The molecule has 1 aliphatic rings. The number of aromatic nitrogens is 4. The van der Waals surface area contributed by atoms with Crippen molar-refractivity contribution in [2.75, 3.05) is 13.2 Å². The molecule has 9 heteroatoms. The summed E-state index contributed by atoms with van der Waals surface area (Å²) in [5.41, 5.74) is 1.64. The summed E-state index contributed by atoms with van der Waals surface area (Å²) in [5.74, 6) is 0.632. The van der Waals surface area contributed by atoms with E-state index in [0.717, 1.165) is 48.3 Å². The van der Waals surface area contributed by atoms with Gasteiger partial charge in [-0.3, -0.25) is 9.48 Å². The van der Waals surface area contributed by atoms with E-state index in [1.165, 1.54) is 11.3 Å². The Morgan fingerprint density at radius 2 is 2.30 bits per heavy atom. The number of nitrogens with zero attached hydrogens (tertiary/aromatic N) is 4. The third-order valence-electron chi connectivity index (χ3n) is 4.77. The highest BCUT2D eigenvalue weighted by Gasteiger charge is 2.37. The Bertz CT molecular complexity index is 892. The molecular formula is C18H21N5O3S. The highest BCUT2D eigenvalue weighted by molar-refractivity contribution is 7.10. The first-order chi connectivity index (χ1) is 13.2. The quantitative estimate of drug-likeness (QED) is 0.637. The number of carbonyl (C=O) groups excluding carboxylic acids is 1. The van der Waals surface area contributed by atoms with E-state index in [-0.39, 0.29) is 17.7 Å². The molecule has 27 heavy (non-hydrogen) atoms. The molecule has 1 N–H and O–H groups in total. The van der Waals surface area contributed by atoms with Crippen LogP contribution in [-0.2, 0) is 29.0 Å². The van der Waals surface area contributed by atoms with Crippen molar-refractivity contribution in [2.45, 2.75) is 32.9 Å². The van der Waals surface area contributed by atoms with Crippen LogP contribution >= 0.6 is 11.3 Å². The van der Waals surface area contributed by atoms with Crippen molar-refractivity contribution < 1.29 is 13.9 Å². The van der Waals surface area contributed by atoms with Crippen LogP contribution < -0.4 is 5.32 Å². The van der Waals surface area contributed by atoms with E-state index < -0.39 is 0 Å². The maximum atomic E-state index is 12.1. The van der Waals surface area contributed by atoms with Gasteiger partial charge in [0.15, 0.2) is 0 Å². The van der Waals surface area contributed by atoms with E-state index in [0.29, 0.717) is 6.54 Å². The number of rotatable bonds is 8. The largest absolute Gasteiger partial charge is 0.467 e. The minimum atomic E-state index is -0.0918. The lowest BCUT2D eigenvalue weighted by atomic mass is 9.83. The van der Waals surface area contributed by atoms with Crippen molar-refractivity contribution in [3.05, 3.63) is 40.7 Å². The van der Waals surface area contributed by atoms with Crippen molar-refractivity contribution >= 4 is 17.2 Å². The standard InChI is InChI=1S/C18H21N5O3S/c1-2-18(11-25-12-18)10-23-8-14(21-22-23)15-9-27-17(20-15)6-16(24)19-7-13-4-3-5-26-13/h3-5,8-9H,2,6-7,10-12H2,1H3,(H,19,24). The predicted octanol–water partition coefficient (Wildman–Crippen LogP) is 2.28. The molecule has 0 aromatic carbocycles. The fourth-order valence-corrected chi connectivity index (χ4v) is 3.73. The Kier molecular flexibility index (Phi) is 5.04. The van der Waals surface area contributed by atoms with Gasteiger partial charge in [-0.1, -0.05) is 12.1 Å². The first-order valence-corrected chi connectivity index (χ1v) is 9.75. The molecular weight excluding hydrogens is 366 g/mol. The van der Waals surface area contributed by atoms with Gasteiger partial charge in [0.05, 0.1) is 45.2 Å². The molecule has 3 aromatic rings. The summed E-state index contributed by atoms with van der Waals surface area (Å²) in [6, 6.07) is 3.62. The molecule has 1 aliphatic heterocycles. The van der Waals surface area contributed by atoms with Gasteiger partial charge in [0.25, 0.3) is 0 Å². The summed E-state index contributed by atoms with van der Waals surface area (Å²) >= 11 is 1.45. The van der Waals surface area contributed by atoms with Crippen molar-refractivity contribution in [3.8, 4) is 11.4 Å². The number of carbonyl (C=O) groups is 1. The van der Waals surface area contributed by atoms with Gasteiger partial charge in [-0.25, -0.2) is 4.98 Å². The smallest absolute Gasteiger partial charge is 0.227 e. The maximum absolute atomic E-state index is 12.1. The molecule has 1 saturated heterocycles. The van der Waals surface area contributed by atoms with Crippen molar-refractivity contribution in [1.82, 2.24) is 25.3 Å². The second-order valence-corrected chi connectivity index (χ2v) is 7.75. The molecule has 3 aromatic heterocycles. The summed E-state index contributed by atoms with van der Waals surface area (Å²) in [6.07, 6.45) is 4.78. The average Bonchev–Trinajstić information content (AvgIpc) is 3.37. The molecule has 0 spiro atoms. The van der Waals surface area contributed by atoms with E-state index in [1.807, 2.05) is 22.3 Å². The molecule has 4 rings (SSSR count). The van der Waals surface area contributed by atoms with Crippen LogP contribution in [0.25, 0.3) is 11.4 Å². The van der Waals surface area contributed by atoms with Gasteiger partial charge in [0, 0.05) is 10.8 Å². The van der Waals surface area contributed by atoms with Crippen molar-refractivity contribution in [1.29, 1.82) is 0 Å². The Balaban J connectivity index is 1.34. The molecule has 4 heterocycles. The van der Waals surface area contributed by atoms with Gasteiger partial charge >= 0.3 is 0 Å². The Morgan fingerprint density at radius 1 is 1.41 bits per heavy atom. The van der Waals surface area contributed by atoms with Gasteiger partial charge in [0.1, 0.15) is 22.2 Å². The van der Waals surface area contributed by atoms with Crippen LogP contribution in [0.5, 0.6) is 0 Å². The molecule has 1 amide bonds. The highest BCUT2D eigenvalue weighted by atomic mass is 32.1. The minimum absolute atomic E-state index is 0.0918. The SMILES string of the molecule is CCC1(Cn2cc(-c3csc(CC(=O)NCc4ccco4)n3)nn2)COC1. The van der Waals surface area contributed by atoms with Gasteiger partial charge in [-0.2, -0.15) is 0 Å². The van der Waals surface area contributed by atoms with Crippen LogP contribution in [0.2, 0.25) is 0 Å². The summed E-state index contributed by atoms with van der Waals surface area (Å²) in [6.45, 7) is 4.88.